The molecule has 2 atom stereocenters. The largest absolute Gasteiger partial charge is 0.352 e. The second-order valence-corrected chi connectivity index (χ2v) is 5.13. The van der Waals surface area contributed by atoms with E-state index < -0.39 is 6.04 Å². The summed E-state index contributed by atoms with van der Waals surface area (Å²) in [6.07, 6.45) is 0.844. The fourth-order valence-corrected chi connectivity index (χ4v) is 1.94. The number of hydrogen-bond donors (Lipinski definition) is 3. The Balaban J connectivity index is 2.06. The number of amides is 2. The Morgan fingerprint density at radius 1 is 1.24 bits per heavy atom. The summed E-state index contributed by atoms with van der Waals surface area (Å²) in [7, 11) is 0. The Morgan fingerprint density at radius 2 is 1.95 bits per heavy atom. The molecule has 112 valence electrons. The number of aromatic amines is 1. The number of carbonyl (C=O) groups is 2. The molecule has 0 aliphatic rings. The third-order valence-corrected chi connectivity index (χ3v) is 3.43. The Labute approximate surface area is 123 Å². The predicted octanol–water partition coefficient (Wildman–Crippen LogP) is 1.60. The lowest BCUT2D eigenvalue weighted by atomic mass is 10.2. The third-order valence-electron chi connectivity index (χ3n) is 3.43. The number of carbonyl (C=O) groups excluding carboxylic acids is 2. The molecule has 0 saturated heterocycles. The number of nitrogens with one attached hydrogen (secondary N) is 3. The molecule has 6 nitrogen and oxygen atoms in total. The van der Waals surface area contributed by atoms with Gasteiger partial charge in [-0.1, -0.05) is 25.1 Å². The van der Waals surface area contributed by atoms with Crippen LogP contribution in [-0.4, -0.2) is 34.1 Å². The average Bonchev–Trinajstić information content (AvgIpc) is 2.90. The molecule has 1 aromatic heterocycles. The summed E-state index contributed by atoms with van der Waals surface area (Å²) in [5.41, 5.74) is 1.09. The summed E-state index contributed by atoms with van der Waals surface area (Å²) in [6, 6.07) is 6.85. The molecular formula is C15H20N4O2. The number of nitrogens with zero attached hydrogens (tertiary/aromatic N) is 1. The molecule has 0 radical (unpaired) electrons. The third kappa shape index (κ3) is 3.39. The van der Waals surface area contributed by atoms with Gasteiger partial charge < -0.3 is 10.6 Å². The van der Waals surface area contributed by atoms with Gasteiger partial charge in [0.25, 0.3) is 5.91 Å². The van der Waals surface area contributed by atoms with Crippen molar-refractivity contribution in [2.45, 2.75) is 39.3 Å². The van der Waals surface area contributed by atoms with E-state index in [-0.39, 0.29) is 17.9 Å². The predicted molar refractivity (Wildman–Crippen MR) is 80.9 cm³/mol. The fraction of sp³-hybridized carbons (Fsp3) is 0.400. The molecule has 3 N–H and O–H groups in total. The van der Waals surface area contributed by atoms with Gasteiger partial charge in [0, 0.05) is 11.4 Å². The van der Waals surface area contributed by atoms with Crippen LogP contribution in [-0.2, 0) is 4.79 Å². The van der Waals surface area contributed by atoms with Crippen molar-refractivity contribution in [2.75, 3.05) is 0 Å². The van der Waals surface area contributed by atoms with Crippen LogP contribution >= 0.6 is 0 Å². The summed E-state index contributed by atoms with van der Waals surface area (Å²) >= 11 is 0. The maximum atomic E-state index is 12.2. The standard InChI is InChI=1S/C15H20N4O2/c1-4-9(2)16-14(20)10(3)17-15(21)13-11-7-5-6-8-12(11)18-19-13/h5-10H,4H2,1-3H3,(H,16,20)(H,17,21)(H,18,19). The average molecular weight is 288 g/mol. The van der Waals surface area contributed by atoms with E-state index in [9.17, 15) is 9.59 Å². The smallest absolute Gasteiger partial charge is 0.273 e. The van der Waals surface area contributed by atoms with Gasteiger partial charge in [-0.3, -0.25) is 14.7 Å². The molecule has 1 aromatic carbocycles. The van der Waals surface area contributed by atoms with Crippen molar-refractivity contribution in [1.82, 2.24) is 20.8 Å². The van der Waals surface area contributed by atoms with Gasteiger partial charge in [0.1, 0.15) is 6.04 Å². The van der Waals surface area contributed by atoms with Crippen molar-refractivity contribution < 1.29 is 9.59 Å². The minimum Gasteiger partial charge on any atom is -0.352 e. The second kappa shape index (κ2) is 6.39. The number of hydrogen-bond acceptors (Lipinski definition) is 3. The minimum absolute atomic E-state index is 0.0862. The lowest BCUT2D eigenvalue weighted by molar-refractivity contribution is -0.123. The fourth-order valence-electron chi connectivity index (χ4n) is 1.94. The lowest BCUT2D eigenvalue weighted by Gasteiger charge is -2.17. The highest BCUT2D eigenvalue weighted by atomic mass is 16.2. The van der Waals surface area contributed by atoms with Gasteiger partial charge in [0.15, 0.2) is 5.69 Å². The summed E-state index contributed by atoms with van der Waals surface area (Å²) in [4.78, 5) is 24.1. The maximum absolute atomic E-state index is 12.2. The van der Waals surface area contributed by atoms with Crippen LogP contribution in [0.1, 0.15) is 37.7 Å². The van der Waals surface area contributed by atoms with E-state index in [1.165, 1.54) is 0 Å². The molecule has 0 saturated carbocycles. The van der Waals surface area contributed by atoms with E-state index in [4.69, 9.17) is 0 Å². The van der Waals surface area contributed by atoms with Crippen molar-refractivity contribution in [1.29, 1.82) is 0 Å². The molecule has 21 heavy (non-hydrogen) atoms. The van der Waals surface area contributed by atoms with Crippen LogP contribution in [0.5, 0.6) is 0 Å². The molecule has 2 rings (SSSR count). The topological polar surface area (TPSA) is 86.9 Å². The van der Waals surface area contributed by atoms with E-state index in [1.807, 2.05) is 38.1 Å². The second-order valence-electron chi connectivity index (χ2n) is 5.13. The molecular weight excluding hydrogens is 268 g/mol. The van der Waals surface area contributed by atoms with E-state index in [0.29, 0.717) is 5.69 Å². The number of benzene rings is 1. The Bertz CT molecular complexity index is 650. The number of H-pyrrole nitrogens is 1. The Morgan fingerprint density at radius 3 is 2.67 bits per heavy atom. The minimum atomic E-state index is -0.609. The first-order chi connectivity index (χ1) is 10.0. The van der Waals surface area contributed by atoms with E-state index >= 15 is 0 Å². The molecule has 2 amide bonds. The Hall–Kier alpha value is -2.37. The number of fused-ring (bicyclic) bond motifs is 1. The van der Waals surface area contributed by atoms with E-state index in [0.717, 1.165) is 17.3 Å². The van der Waals surface area contributed by atoms with Crippen molar-refractivity contribution in [3.8, 4) is 0 Å². The van der Waals surface area contributed by atoms with Crippen molar-refractivity contribution in [2.24, 2.45) is 0 Å². The van der Waals surface area contributed by atoms with Crippen molar-refractivity contribution in [3.63, 3.8) is 0 Å². The highest BCUT2D eigenvalue weighted by Crippen LogP contribution is 2.14. The van der Waals surface area contributed by atoms with Gasteiger partial charge in [-0.2, -0.15) is 5.10 Å². The first-order valence-corrected chi connectivity index (χ1v) is 7.07. The van der Waals surface area contributed by atoms with Crippen LogP contribution in [0, 0.1) is 0 Å². The molecule has 0 bridgehead atoms. The SMILES string of the molecule is CCC(C)NC(=O)C(C)NC(=O)c1n[nH]c2ccccc12. The first kappa shape index (κ1) is 15.0. The molecule has 6 heteroatoms. The lowest BCUT2D eigenvalue weighted by Crippen LogP contribution is -2.47. The van der Waals surface area contributed by atoms with Crippen LogP contribution in [0.4, 0.5) is 0 Å². The Kier molecular flexibility index (Phi) is 4.57. The monoisotopic (exact) mass is 288 g/mol. The normalized spacial score (nSPS) is 13.7. The molecule has 0 spiro atoms. The van der Waals surface area contributed by atoms with Gasteiger partial charge >= 0.3 is 0 Å². The summed E-state index contributed by atoms with van der Waals surface area (Å²) in [5, 5.41) is 13.1. The van der Waals surface area contributed by atoms with Crippen molar-refractivity contribution in [3.05, 3.63) is 30.0 Å². The summed E-state index contributed by atoms with van der Waals surface area (Å²) < 4.78 is 0. The molecule has 1 heterocycles. The first-order valence-electron chi connectivity index (χ1n) is 7.07. The zero-order chi connectivity index (χ0) is 15.4. The van der Waals surface area contributed by atoms with Gasteiger partial charge in [-0.05, 0) is 26.3 Å². The van der Waals surface area contributed by atoms with Gasteiger partial charge in [-0.15, -0.1) is 0 Å². The number of aromatic nitrogens is 2. The quantitative estimate of drug-likeness (QED) is 0.781. The molecule has 0 aliphatic heterocycles. The molecule has 0 aliphatic carbocycles. The van der Waals surface area contributed by atoms with E-state index in [2.05, 4.69) is 20.8 Å². The van der Waals surface area contributed by atoms with Crippen LogP contribution in [0.2, 0.25) is 0 Å². The van der Waals surface area contributed by atoms with E-state index in [1.54, 1.807) is 6.92 Å². The maximum Gasteiger partial charge on any atom is 0.273 e. The van der Waals surface area contributed by atoms with Crippen molar-refractivity contribution >= 4 is 22.7 Å². The zero-order valence-electron chi connectivity index (χ0n) is 12.4. The summed E-state index contributed by atoms with van der Waals surface area (Å²) in [6.45, 7) is 5.57. The summed E-state index contributed by atoms with van der Waals surface area (Å²) in [5.74, 6) is -0.559. The van der Waals surface area contributed by atoms with Crippen LogP contribution < -0.4 is 10.6 Å². The molecule has 2 unspecified atom stereocenters. The molecule has 2 aromatic rings. The van der Waals surface area contributed by atoms with Gasteiger partial charge in [0.2, 0.25) is 5.91 Å². The van der Waals surface area contributed by atoms with Gasteiger partial charge in [-0.25, -0.2) is 0 Å². The highest BCUT2D eigenvalue weighted by Gasteiger charge is 2.20. The highest BCUT2D eigenvalue weighted by molar-refractivity contribution is 6.05. The van der Waals surface area contributed by atoms with Crippen LogP contribution in [0.15, 0.2) is 24.3 Å². The number of para-hydroxylation sites is 1. The molecule has 0 fully saturated rings. The van der Waals surface area contributed by atoms with Crippen LogP contribution in [0.25, 0.3) is 10.9 Å². The zero-order valence-corrected chi connectivity index (χ0v) is 12.4. The number of rotatable bonds is 5. The van der Waals surface area contributed by atoms with Gasteiger partial charge in [0.05, 0.1) is 5.52 Å². The van der Waals surface area contributed by atoms with Crippen LogP contribution in [0.3, 0.4) is 0 Å².